The summed E-state index contributed by atoms with van der Waals surface area (Å²) in [6.07, 6.45) is 1.03. The lowest BCUT2D eigenvalue weighted by molar-refractivity contribution is 0.327. The van der Waals surface area contributed by atoms with E-state index in [9.17, 15) is 8.42 Å². The van der Waals surface area contributed by atoms with Crippen LogP contribution in [0.1, 0.15) is 12.0 Å². The summed E-state index contributed by atoms with van der Waals surface area (Å²) in [6.45, 7) is 2.76. The van der Waals surface area contributed by atoms with E-state index >= 15 is 0 Å². The average molecular weight is 320 g/mol. The number of likely N-dealkylation sites (tertiary alicyclic amines) is 1. The summed E-state index contributed by atoms with van der Waals surface area (Å²) >= 11 is 0. The molecule has 0 amide bonds. The van der Waals surface area contributed by atoms with Crippen molar-refractivity contribution in [3.8, 4) is 0 Å². The number of rotatable bonds is 4. The number of sulfonamides is 1. The second-order valence-corrected chi connectivity index (χ2v) is 7.37. The summed E-state index contributed by atoms with van der Waals surface area (Å²) in [5, 5.41) is 0. The van der Waals surface area contributed by atoms with Gasteiger partial charge >= 0.3 is 0 Å². The summed E-state index contributed by atoms with van der Waals surface area (Å²) in [5.74, 6) is 0. The molecule has 7 heteroatoms. The van der Waals surface area contributed by atoms with Crippen LogP contribution in [0.15, 0.2) is 29.2 Å². The van der Waals surface area contributed by atoms with E-state index in [-0.39, 0.29) is 18.4 Å². The molecular weight excluding hydrogens is 298 g/mol. The van der Waals surface area contributed by atoms with E-state index in [1.165, 1.54) is 18.4 Å². The monoisotopic (exact) mass is 319 g/mol. The van der Waals surface area contributed by atoms with Crippen molar-refractivity contribution in [2.45, 2.75) is 23.9 Å². The van der Waals surface area contributed by atoms with Crippen LogP contribution in [0.2, 0.25) is 0 Å². The highest BCUT2D eigenvalue weighted by atomic mass is 35.5. The van der Waals surface area contributed by atoms with Crippen molar-refractivity contribution >= 4 is 22.4 Å². The maximum Gasteiger partial charge on any atom is 0.242 e. The Labute approximate surface area is 127 Å². The molecule has 1 fully saturated rings. The number of halogens is 1. The normalized spacial score (nSPS) is 20.1. The first-order chi connectivity index (χ1) is 8.89. The number of hydrogen-bond acceptors (Lipinski definition) is 4. The van der Waals surface area contributed by atoms with Gasteiger partial charge in [0.1, 0.15) is 0 Å². The molecule has 114 valence electrons. The van der Waals surface area contributed by atoms with Crippen LogP contribution in [0.5, 0.6) is 0 Å². The van der Waals surface area contributed by atoms with Crippen molar-refractivity contribution in [3.05, 3.63) is 29.8 Å². The van der Waals surface area contributed by atoms with Crippen LogP contribution in [-0.4, -0.2) is 50.8 Å². The number of nitrogens with zero attached hydrogens (tertiary/aromatic N) is 2. The molecule has 0 unspecified atom stereocenters. The van der Waals surface area contributed by atoms with Crippen LogP contribution in [0.25, 0.3) is 0 Å². The molecule has 1 aliphatic rings. The summed E-state index contributed by atoms with van der Waals surface area (Å²) in [7, 11) is -0.257. The Kier molecular flexibility index (Phi) is 5.97. The van der Waals surface area contributed by atoms with Crippen molar-refractivity contribution < 1.29 is 8.42 Å². The van der Waals surface area contributed by atoms with Gasteiger partial charge in [-0.1, -0.05) is 12.1 Å². The van der Waals surface area contributed by atoms with Gasteiger partial charge in [0.25, 0.3) is 0 Å². The third kappa shape index (κ3) is 3.93. The average Bonchev–Trinajstić information content (AvgIpc) is 2.75. The molecule has 0 saturated carbocycles. The van der Waals surface area contributed by atoms with Gasteiger partial charge in [-0.2, -0.15) is 0 Å². The molecule has 1 aliphatic heterocycles. The molecule has 0 aromatic heterocycles. The van der Waals surface area contributed by atoms with Gasteiger partial charge in [-0.25, -0.2) is 12.7 Å². The quantitative estimate of drug-likeness (QED) is 0.895. The third-order valence-electron chi connectivity index (χ3n) is 3.42. The molecule has 0 spiro atoms. The molecule has 5 nitrogen and oxygen atoms in total. The zero-order chi connectivity index (χ0) is 14.0. The van der Waals surface area contributed by atoms with Crippen molar-refractivity contribution in [1.29, 1.82) is 0 Å². The van der Waals surface area contributed by atoms with E-state index in [4.69, 9.17) is 5.73 Å². The Morgan fingerprint density at radius 2 is 1.90 bits per heavy atom. The second-order valence-electron chi connectivity index (χ2n) is 5.22. The van der Waals surface area contributed by atoms with Crippen molar-refractivity contribution in [2.75, 3.05) is 27.2 Å². The molecule has 1 atom stereocenters. The minimum absolute atomic E-state index is 0. The fraction of sp³-hybridized carbons (Fsp3) is 0.538. The third-order valence-corrected chi connectivity index (χ3v) is 5.25. The van der Waals surface area contributed by atoms with Crippen LogP contribution in [0.3, 0.4) is 0 Å². The van der Waals surface area contributed by atoms with E-state index in [0.29, 0.717) is 4.90 Å². The van der Waals surface area contributed by atoms with Gasteiger partial charge in [-0.05, 0) is 24.1 Å². The molecule has 1 aromatic carbocycles. The number of nitrogens with two attached hydrogens (primary N) is 1. The fourth-order valence-corrected chi connectivity index (χ4v) is 3.14. The molecular formula is C13H22ClN3O2S. The van der Waals surface area contributed by atoms with E-state index in [1.807, 2.05) is 12.1 Å². The Balaban J connectivity index is 0.00000200. The first-order valence-electron chi connectivity index (χ1n) is 6.39. The van der Waals surface area contributed by atoms with Gasteiger partial charge in [0.05, 0.1) is 4.90 Å². The highest BCUT2D eigenvalue weighted by Crippen LogP contribution is 2.16. The summed E-state index contributed by atoms with van der Waals surface area (Å²) in [5.41, 5.74) is 6.98. The summed E-state index contributed by atoms with van der Waals surface area (Å²) < 4.78 is 25.1. The van der Waals surface area contributed by atoms with Gasteiger partial charge in [0.15, 0.2) is 0 Å². The minimum atomic E-state index is -3.33. The lowest BCUT2D eigenvalue weighted by Gasteiger charge is -2.16. The Hall–Kier alpha value is -0.660. The maximum atomic E-state index is 11.9. The zero-order valence-electron chi connectivity index (χ0n) is 11.8. The first kappa shape index (κ1) is 17.4. The van der Waals surface area contributed by atoms with Crippen molar-refractivity contribution in [3.63, 3.8) is 0 Å². The second kappa shape index (κ2) is 6.87. The molecule has 0 aliphatic carbocycles. The molecule has 1 aromatic rings. The summed E-state index contributed by atoms with van der Waals surface area (Å²) in [4.78, 5) is 2.62. The lowest BCUT2D eigenvalue weighted by Crippen LogP contribution is -2.26. The smallest absolute Gasteiger partial charge is 0.242 e. The van der Waals surface area contributed by atoms with Crippen LogP contribution < -0.4 is 5.73 Å². The molecule has 1 saturated heterocycles. The highest BCUT2D eigenvalue weighted by Gasteiger charge is 2.20. The number of hydrogen-bond donors (Lipinski definition) is 1. The van der Waals surface area contributed by atoms with Crippen LogP contribution in [0.4, 0.5) is 0 Å². The van der Waals surface area contributed by atoms with Crippen molar-refractivity contribution in [2.24, 2.45) is 5.73 Å². The maximum absolute atomic E-state index is 11.9. The van der Waals surface area contributed by atoms with Crippen LogP contribution >= 0.6 is 12.4 Å². The zero-order valence-corrected chi connectivity index (χ0v) is 13.5. The lowest BCUT2D eigenvalue weighted by atomic mass is 10.2. The van der Waals surface area contributed by atoms with Gasteiger partial charge in [-0.15, -0.1) is 12.4 Å². The summed E-state index contributed by atoms with van der Waals surface area (Å²) in [6, 6.07) is 7.36. The van der Waals surface area contributed by atoms with Crippen LogP contribution in [-0.2, 0) is 16.6 Å². The Morgan fingerprint density at radius 1 is 1.30 bits per heavy atom. The van der Waals surface area contributed by atoms with E-state index in [0.717, 1.165) is 31.6 Å². The van der Waals surface area contributed by atoms with Gasteiger partial charge in [0.2, 0.25) is 10.0 Å². The predicted molar refractivity (Wildman–Crippen MR) is 82.4 cm³/mol. The molecule has 0 radical (unpaired) electrons. The highest BCUT2D eigenvalue weighted by molar-refractivity contribution is 7.89. The van der Waals surface area contributed by atoms with E-state index in [1.54, 1.807) is 12.1 Å². The number of benzene rings is 1. The van der Waals surface area contributed by atoms with Crippen molar-refractivity contribution in [1.82, 2.24) is 9.21 Å². The van der Waals surface area contributed by atoms with E-state index < -0.39 is 10.0 Å². The minimum Gasteiger partial charge on any atom is -0.326 e. The predicted octanol–water partition coefficient (Wildman–Crippen LogP) is 0.892. The Bertz CT molecular complexity index is 531. The largest absolute Gasteiger partial charge is 0.326 e. The molecule has 1 heterocycles. The molecule has 20 heavy (non-hydrogen) atoms. The van der Waals surface area contributed by atoms with Crippen LogP contribution in [0, 0.1) is 0 Å². The molecule has 2 rings (SSSR count). The molecule has 0 bridgehead atoms. The standard InChI is InChI=1S/C13H21N3O2S.ClH/c1-15(2)19(17,18)13-5-3-11(4-6-13)9-16-8-7-12(14)10-16;/h3-6,12H,7-10,14H2,1-2H3;1H/t12-;/m1./s1. The van der Waals surface area contributed by atoms with Gasteiger partial charge in [0, 0.05) is 39.8 Å². The SMILES string of the molecule is CN(C)S(=O)(=O)c1ccc(CN2CC[C@@H](N)C2)cc1.Cl. The van der Waals surface area contributed by atoms with E-state index in [2.05, 4.69) is 4.90 Å². The van der Waals surface area contributed by atoms with Gasteiger partial charge < -0.3 is 5.73 Å². The fourth-order valence-electron chi connectivity index (χ4n) is 2.24. The van der Waals surface area contributed by atoms with Gasteiger partial charge in [-0.3, -0.25) is 4.90 Å². The first-order valence-corrected chi connectivity index (χ1v) is 7.83. The topological polar surface area (TPSA) is 66.6 Å². The Morgan fingerprint density at radius 3 is 2.35 bits per heavy atom. The molecule has 2 N–H and O–H groups in total.